The minimum atomic E-state index is -4.09. The zero-order valence-electron chi connectivity index (χ0n) is 19.4. The Labute approximate surface area is 210 Å². The molecule has 0 bridgehead atoms. The Hall–Kier alpha value is -2.21. The van der Waals surface area contributed by atoms with Gasteiger partial charge in [0.1, 0.15) is 11.5 Å². The molecule has 4 rings (SSSR count). The van der Waals surface area contributed by atoms with Gasteiger partial charge in [0.2, 0.25) is 0 Å². The molecular weight excluding hydrogens is 494 g/mol. The first-order valence-electron chi connectivity index (χ1n) is 11.6. The fourth-order valence-corrected chi connectivity index (χ4v) is 6.60. The number of amides is 1. The van der Waals surface area contributed by atoms with Gasteiger partial charge in [0.05, 0.1) is 18.1 Å². The molecule has 1 amide bonds. The van der Waals surface area contributed by atoms with Crippen LogP contribution in [0.5, 0.6) is 11.5 Å². The average molecular weight is 524 g/mol. The van der Waals surface area contributed by atoms with Crippen molar-refractivity contribution in [3.05, 3.63) is 53.6 Å². The van der Waals surface area contributed by atoms with Crippen molar-refractivity contribution in [3.63, 3.8) is 0 Å². The molecule has 0 saturated carbocycles. The Morgan fingerprint density at radius 3 is 2.00 bits per heavy atom. The zero-order chi connectivity index (χ0) is 24.9. The van der Waals surface area contributed by atoms with Gasteiger partial charge in [-0.2, -0.15) is 0 Å². The average Bonchev–Trinajstić information content (AvgIpc) is 2.89. The minimum Gasteiger partial charge on any atom is -0.457 e. The molecule has 2 saturated heterocycles. The van der Waals surface area contributed by atoms with Gasteiger partial charge in [0, 0.05) is 44.3 Å². The van der Waals surface area contributed by atoms with Crippen LogP contribution in [0.1, 0.15) is 12.8 Å². The van der Waals surface area contributed by atoms with Crippen molar-refractivity contribution in [1.82, 2.24) is 15.3 Å². The van der Waals surface area contributed by atoms with Crippen LogP contribution < -0.4 is 10.2 Å². The highest BCUT2D eigenvalue weighted by molar-refractivity contribution is 7.93. The first-order chi connectivity index (χ1) is 16.8. The number of hydrogen-bond acceptors (Lipinski definition) is 8. The number of morpholine rings is 1. The topological polar surface area (TPSA) is 108 Å². The van der Waals surface area contributed by atoms with E-state index in [4.69, 9.17) is 21.1 Å². The summed E-state index contributed by atoms with van der Waals surface area (Å²) >= 11 is 5.89. The van der Waals surface area contributed by atoms with Gasteiger partial charge in [-0.3, -0.25) is 14.9 Å². The number of benzene rings is 2. The number of sulfone groups is 1. The molecule has 9 nitrogen and oxygen atoms in total. The van der Waals surface area contributed by atoms with Gasteiger partial charge in [0.25, 0.3) is 5.91 Å². The number of hydrogen-bond donors (Lipinski definition) is 2. The van der Waals surface area contributed by atoms with Crippen LogP contribution in [-0.4, -0.2) is 86.6 Å². The van der Waals surface area contributed by atoms with E-state index >= 15 is 0 Å². The molecule has 0 radical (unpaired) electrons. The van der Waals surface area contributed by atoms with E-state index in [1.807, 2.05) is 0 Å². The smallest absolute Gasteiger partial charge is 0.265 e. The van der Waals surface area contributed by atoms with E-state index in [-0.39, 0.29) is 17.7 Å². The van der Waals surface area contributed by atoms with Crippen LogP contribution in [0.4, 0.5) is 0 Å². The van der Waals surface area contributed by atoms with Crippen molar-refractivity contribution in [2.75, 3.05) is 52.5 Å². The number of nitrogens with zero attached hydrogens (tertiary/aromatic N) is 2. The van der Waals surface area contributed by atoms with Crippen LogP contribution >= 0.6 is 11.6 Å². The van der Waals surface area contributed by atoms with Crippen LogP contribution in [0.15, 0.2) is 53.4 Å². The third kappa shape index (κ3) is 5.79. The van der Waals surface area contributed by atoms with E-state index in [0.717, 1.165) is 39.4 Å². The second-order valence-corrected chi connectivity index (χ2v) is 11.5. The maximum absolute atomic E-state index is 13.7. The number of carbonyl (C=O) groups excluding carboxylic acids is 1. The minimum absolute atomic E-state index is 0.00585. The largest absolute Gasteiger partial charge is 0.457 e. The van der Waals surface area contributed by atoms with Crippen LogP contribution in [0.25, 0.3) is 0 Å². The van der Waals surface area contributed by atoms with E-state index in [0.29, 0.717) is 29.6 Å². The fourth-order valence-electron chi connectivity index (χ4n) is 4.52. The van der Waals surface area contributed by atoms with E-state index in [2.05, 4.69) is 9.80 Å². The zero-order valence-corrected chi connectivity index (χ0v) is 20.9. The van der Waals surface area contributed by atoms with Crippen LogP contribution in [-0.2, 0) is 19.4 Å². The van der Waals surface area contributed by atoms with Gasteiger partial charge < -0.3 is 14.4 Å². The summed E-state index contributed by atoms with van der Waals surface area (Å²) in [7, 11) is -4.09. The summed E-state index contributed by atoms with van der Waals surface area (Å²) in [5.74, 6) is 0.113. The lowest BCUT2D eigenvalue weighted by atomic mass is 9.95. The van der Waals surface area contributed by atoms with E-state index in [9.17, 15) is 18.4 Å². The van der Waals surface area contributed by atoms with Crippen molar-refractivity contribution in [2.45, 2.75) is 22.5 Å². The van der Waals surface area contributed by atoms with Gasteiger partial charge in [-0.25, -0.2) is 13.9 Å². The standard InChI is InChI=1S/C24H30ClN3O6S/c25-19-1-3-20(4-2-19)34-21-5-7-22(8-6-21)35(31,32)24(23(29)26-30)9-11-27(12-10-24)13-14-28-15-17-33-18-16-28/h1-8,30H,9-18H2,(H,26,29). The molecule has 35 heavy (non-hydrogen) atoms. The predicted molar refractivity (Wildman–Crippen MR) is 131 cm³/mol. The predicted octanol–water partition coefficient (Wildman–Crippen LogP) is 2.58. The third-order valence-corrected chi connectivity index (χ3v) is 9.48. The van der Waals surface area contributed by atoms with Gasteiger partial charge in [-0.15, -0.1) is 0 Å². The van der Waals surface area contributed by atoms with Crippen molar-refractivity contribution >= 4 is 27.3 Å². The number of ether oxygens (including phenoxy) is 2. The molecule has 2 heterocycles. The Morgan fingerprint density at radius 2 is 1.46 bits per heavy atom. The molecule has 2 N–H and O–H groups in total. The molecule has 11 heteroatoms. The summed E-state index contributed by atoms with van der Waals surface area (Å²) in [5.41, 5.74) is 1.60. The SMILES string of the molecule is O=C(NO)C1(S(=O)(=O)c2ccc(Oc3ccc(Cl)cc3)cc2)CCN(CCN2CCOCC2)CC1. The van der Waals surface area contributed by atoms with E-state index in [1.54, 1.807) is 41.9 Å². The molecule has 0 atom stereocenters. The third-order valence-electron chi connectivity index (χ3n) is 6.71. The Bertz CT molecular complexity index is 1100. The summed E-state index contributed by atoms with van der Waals surface area (Å²) in [6.07, 6.45) is 0.182. The Kier molecular flexibility index (Phi) is 8.31. The molecular formula is C24H30ClN3O6S. The number of halogens is 1. The van der Waals surface area contributed by atoms with E-state index in [1.165, 1.54) is 12.1 Å². The number of carbonyl (C=O) groups is 1. The van der Waals surface area contributed by atoms with Gasteiger partial charge >= 0.3 is 0 Å². The quantitative estimate of drug-likeness (QED) is 0.401. The molecule has 2 aromatic carbocycles. The lowest BCUT2D eigenvalue weighted by molar-refractivity contribution is -0.133. The van der Waals surface area contributed by atoms with Crippen LogP contribution in [0.2, 0.25) is 5.02 Å². The summed E-state index contributed by atoms with van der Waals surface area (Å²) in [4.78, 5) is 17.2. The lowest BCUT2D eigenvalue weighted by Crippen LogP contribution is -2.58. The highest BCUT2D eigenvalue weighted by Crippen LogP contribution is 2.37. The number of nitrogens with one attached hydrogen (secondary N) is 1. The highest BCUT2D eigenvalue weighted by Gasteiger charge is 2.52. The summed E-state index contributed by atoms with van der Waals surface area (Å²) < 4.78 is 36.7. The van der Waals surface area contributed by atoms with Gasteiger partial charge in [-0.05, 0) is 61.4 Å². The molecule has 2 aromatic rings. The summed E-state index contributed by atoms with van der Waals surface area (Å²) in [6.45, 7) is 5.75. The first-order valence-corrected chi connectivity index (χ1v) is 13.5. The monoisotopic (exact) mass is 523 g/mol. The lowest BCUT2D eigenvalue weighted by Gasteiger charge is -2.40. The molecule has 0 aliphatic carbocycles. The molecule has 0 spiro atoms. The molecule has 0 aromatic heterocycles. The number of rotatable bonds is 8. The van der Waals surface area contributed by atoms with E-state index < -0.39 is 20.5 Å². The Morgan fingerprint density at radius 1 is 0.943 bits per heavy atom. The number of hydroxylamine groups is 1. The number of likely N-dealkylation sites (tertiary alicyclic amines) is 1. The maximum atomic E-state index is 13.7. The van der Waals surface area contributed by atoms with Gasteiger partial charge in [-0.1, -0.05) is 11.6 Å². The van der Waals surface area contributed by atoms with Crippen molar-refractivity contribution in [3.8, 4) is 11.5 Å². The Balaban J connectivity index is 1.45. The first kappa shape index (κ1) is 25.9. The van der Waals surface area contributed by atoms with Crippen molar-refractivity contribution in [2.24, 2.45) is 0 Å². The molecule has 2 aliphatic heterocycles. The molecule has 0 unspecified atom stereocenters. The normalized spacial score (nSPS) is 19.3. The van der Waals surface area contributed by atoms with Crippen molar-refractivity contribution in [1.29, 1.82) is 0 Å². The summed E-state index contributed by atoms with van der Waals surface area (Å²) in [6, 6.07) is 12.8. The second kappa shape index (κ2) is 11.2. The second-order valence-electron chi connectivity index (χ2n) is 8.76. The maximum Gasteiger partial charge on any atom is 0.265 e. The molecule has 190 valence electrons. The van der Waals surface area contributed by atoms with Crippen LogP contribution in [0.3, 0.4) is 0 Å². The van der Waals surface area contributed by atoms with Gasteiger partial charge in [0.15, 0.2) is 14.6 Å². The fraction of sp³-hybridized carbons (Fsp3) is 0.458. The molecule has 2 fully saturated rings. The highest BCUT2D eigenvalue weighted by atomic mass is 35.5. The van der Waals surface area contributed by atoms with Crippen molar-refractivity contribution < 1.29 is 27.9 Å². The molecule has 2 aliphatic rings. The number of piperidine rings is 1. The summed E-state index contributed by atoms with van der Waals surface area (Å²) in [5, 5.41) is 9.99. The van der Waals surface area contributed by atoms with Crippen LogP contribution in [0, 0.1) is 0 Å².